The molecule has 0 aliphatic rings. The van der Waals surface area contributed by atoms with Crippen LogP contribution in [0.3, 0.4) is 0 Å². The van der Waals surface area contributed by atoms with Gasteiger partial charge in [0.25, 0.3) is 0 Å². The molecule has 1 N–H and O–H groups in total. The molecule has 41 heavy (non-hydrogen) atoms. The summed E-state index contributed by atoms with van der Waals surface area (Å²) >= 11 is 0. The quantitative estimate of drug-likeness (QED) is 0.0488. The van der Waals surface area contributed by atoms with Crippen molar-refractivity contribution in [2.45, 2.75) is 186 Å². The van der Waals surface area contributed by atoms with Gasteiger partial charge in [-0.3, -0.25) is 9.59 Å². The van der Waals surface area contributed by atoms with Crippen LogP contribution in [0.2, 0.25) is 0 Å². The third-order valence-electron chi connectivity index (χ3n) is 7.99. The zero-order valence-electron chi connectivity index (χ0n) is 27.7. The Morgan fingerprint density at radius 3 is 1.51 bits per heavy atom. The van der Waals surface area contributed by atoms with Gasteiger partial charge in [-0.2, -0.15) is 0 Å². The molecule has 1 unspecified atom stereocenters. The molecule has 0 aromatic heterocycles. The van der Waals surface area contributed by atoms with E-state index < -0.39 is 5.97 Å². The first-order chi connectivity index (χ1) is 20.0. The van der Waals surface area contributed by atoms with Crippen molar-refractivity contribution < 1.29 is 19.4 Å². The second kappa shape index (κ2) is 31.6. The Labute approximate surface area is 255 Å². The molecule has 0 heterocycles. The summed E-state index contributed by atoms with van der Waals surface area (Å²) in [6.07, 6.45) is 35.9. The van der Waals surface area contributed by atoms with E-state index >= 15 is 0 Å². The third-order valence-corrected chi connectivity index (χ3v) is 7.99. The van der Waals surface area contributed by atoms with Crippen LogP contribution in [0.5, 0.6) is 0 Å². The van der Waals surface area contributed by atoms with Gasteiger partial charge in [0.05, 0.1) is 0 Å². The number of nitrogens with zero attached hydrogens (tertiary/aromatic N) is 1. The molecule has 0 aromatic carbocycles. The van der Waals surface area contributed by atoms with Crippen LogP contribution in [0.25, 0.3) is 0 Å². The van der Waals surface area contributed by atoms with E-state index in [4.69, 9.17) is 9.84 Å². The van der Waals surface area contributed by atoms with E-state index in [-0.39, 0.29) is 12.1 Å². The average molecular weight is 580 g/mol. The molecule has 0 aliphatic heterocycles. The summed E-state index contributed by atoms with van der Waals surface area (Å²) in [5.41, 5.74) is 0. The van der Waals surface area contributed by atoms with Crippen molar-refractivity contribution in [3.8, 4) is 0 Å². The van der Waals surface area contributed by atoms with E-state index in [9.17, 15) is 9.59 Å². The van der Waals surface area contributed by atoms with Gasteiger partial charge in [0.1, 0.15) is 6.10 Å². The first-order valence-corrected chi connectivity index (χ1v) is 17.7. The van der Waals surface area contributed by atoms with Gasteiger partial charge in [-0.15, -0.1) is 0 Å². The Morgan fingerprint density at radius 1 is 0.610 bits per heavy atom. The maximum atomic E-state index is 12.4. The Hall–Kier alpha value is -1.36. The van der Waals surface area contributed by atoms with E-state index in [0.717, 1.165) is 51.5 Å². The first-order valence-electron chi connectivity index (χ1n) is 17.7. The maximum absolute atomic E-state index is 12.4. The summed E-state index contributed by atoms with van der Waals surface area (Å²) < 4.78 is 5.94. The summed E-state index contributed by atoms with van der Waals surface area (Å²) in [5, 5.41) is 8.64. The molecule has 5 heteroatoms. The molecule has 5 nitrogen and oxygen atoms in total. The third kappa shape index (κ3) is 33.0. The van der Waals surface area contributed by atoms with E-state index in [1.54, 1.807) is 0 Å². The normalized spacial score (nSPS) is 12.4. The largest absolute Gasteiger partial charge is 0.481 e. The lowest BCUT2D eigenvalue weighted by molar-refractivity contribution is -0.150. The van der Waals surface area contributed by atoms with E-state index in [1.165, 1.54) is 116 Å². The number of aliphatic carboxylic acids is 1. The van der Waals surface area contributed by atoms with Crippen LogP contribution in [0.15, 0.2) is 12.2 Å². The number of carbonyl (C=O) groups excluding carboxylic acids is 1. The van der Waals surface area contributed by atoms with Crippen molar-refractivity contribution in [2.24, 2.45) is 0 Å². The predicted octanol–water partition coefficient (Wildman–Crippen LogP) is 10.7. The molecule has 0 bridgehead atoms. The summed E-state index contributed by atoms with van der Waals surface area (Å²) in [6, 6.07) is 0. The molecular weight excluding hydrogens is 510 g/mol. The number of esters is 1. The first kappa shape index (κ1) is 39.6. The Kier molecular flexibility index (Phi) is 30.5. The lowest BCUT2D eigenvalue weighted by Gasteiger charge is -2.18. The molecular formula is C36H69NO4. The van der Waals surface area contributed by atoms with Crippen LogP contribution in [-0.4, -0.2) is 48.7 Å². The number of unbranched alkanes of at least 4 members (excludes halogenated alkanes) is 19. The molecule has 0 saturated carbocycles. The predicted molar refractivity (Wildman–Crippen MR) is 176 cm³/mol. The van der Waals surface area contributed by atoms with Gasteiger partial charge in [-0.1, -0.05) is 115 Å². The van der Waals surface area contributed by atoms with E-state index in [2.05, 4.69) is 24.0 Å². The molecule has 0 aliphatic carbocycles. The summed E-state index contributed by atoms with van der Waals surface area (Å²) in [4.78, 5) is 25.0. The highest BCUT2D eigenvalue weighted by Gasteiger charge is 2.14. The fourth-order valence-corrected chi connectivity index (χ4v) is 5.38. The molecule has 0 amide bonds. The second-order valence-corrected chi connectivity index (χ2v) is 12.5. The van der Waals surface area contributed by atoms with Crippen molar-refractivity contribution in [2.75, 3.05) is 20.6 Å². The van der Waals surface area contributed by atoms with Crippen molar-refractivity contribution in [1.82, 2.24) is 4.90 Å². The summed E-state index contributed by atoms with van der Waals surface area (Å²) in [6.45, 7) is 3.20. The number of allylic oxidation sites excluding steroid dienone is 2. The zero-order valence-corrected chi connectivity index (χ0v) is 27.7. The minimum absolute atomic E-state index is 0.000366. The van der Waals surface area contributed by atoms with Gasteiger partial charge in [-0.25, -0.2) is 0 Å². The van der Waals surface area contributed by atoms with Gasteiger partial charge >= 0.3 is 11.9 Å². The summed E-state index contributed by atoms with van der Waals surface area (Å²) in [7, 11) is 4.10. The molecule has 242 valence electrons. The topological polar surface area (TPSA) is 66.8 Å². The van der Waals surface area contributed by atoms with E-state index in [1.807, 2.05) is 14.1 Å². The van der Waals surface area contributed by atoms with Crippen LogP contribution in [0.1, 0.15) is 180 Å². The Morgan fingerprint density at radius 2 is 1.05 bits per heavy atom. The highest BCUT2D eigenvalue weighted by molar-refractivity contribution is 5.69. The average Bonchev–Trinajstić information content (AvgIpc) is 2.93. The van der Waals surface area contributed by atoms with Gasteiger partial charge in [-0.05, 0) is 84.8 Å². The molecule has 0 aromatic rings. The SMILES string of the molecule is CCCCCCCCCC(CCCCCCCCCC/C=C\CCCCCCCC(=O)O)OC(=O)CCCN(C)C. The molecule has 0 spiro atoms. The molecule has 0 rings (SSSR count). The van der Waals surface area contributed by atoms with Gasteiger partial charge < -0.3 is 14.7 Å². The molecule has 0 saturated heterocycles. The number of carbonyl (C=O) groups is 2. The fraction of sp³-hybridized carbons (Fsp3) is 0.889. The number of hydrogen-bond donors (Lipinski definition) is 1. The van der Waals surface area contributed by atoms with Gasteiger partial charge in [0.15, 0.2) is 0 Å². The standard InChI is InChI=1S/C36H69NO4/c1-4-5-6-7-19-22-25-29-34(41-36(40)32-28-33-37(2)3)30-26-23-20-17-15-13-11-9-8-10-12-14-16-18-21-24-27-31-35(38)39/h10,12,34H,4-9,11,13-33H2,1-3H3,(H,38,39)/b12-10-. The van der Waals surface area contributed by atoms with Crippen LogP contribution in [0, 0.1) is 0 Å². The number of ether oxygens (including phenoxy) is 1. The zero-order chi connectivity index (χ0) is 30.2. The van der Waals surface area contributed by atoms with Crippen molar-refractivity contribution in [3.05, 3.63) is 12.2 Å². The van der Waals surface area contributed by atoms with Crippen LogP contribution in [-0.2, 0) is 14.3 Å². The highest BCUT2D eigenvalue weighted by Crippen LogP contribution is 2.18. The number of hydrogen-bond acceptors (Lipinski definition) is 4. The second-order valence-electron chi connectivity index (χ2n) is 12.5. The number of carboxylic acid groups (broad SMARTS) is 1. The molecule has 1 atom stereocenters. The monoisotopic (exact) mass is 580 g/mol. The maximum Gasteiger partial charge on any atom is 0.306 e. The number of carboxylic acids is 1. The minimum Gasteiger partial charge on any atom is -0.481 e. The van der Waals surface area contributed by atoms with Crippen LogP contribution < -0.4 is 0 Å². The van der Waals surface area contributed by atoms with Crippen LogP contribution in [0.4, 0.5) is 0 Å². The number of rotatable bonds is 32. The molecule has 0 fully saturated rings. The molecule has 0 radical (unpaired) electrons. The highest BCUT2D eigenvalue weighted by atomic mass is 16.5. The van der Waals surface area contributed by atoms with Crippen LogP contribution >= 0.6 is 0 Å². The van der Waals surface area contributed by atoms with Crippen molar-refractivity contribution >= 4 is 11.9 Å². The smallest absolute Gasteiger partial charge is 0.306 e. The summed E-state index contributed by atoms with van der Waals surface area (Å²) in [5.74, 6) is -0.673. The lowest BCUT2D eigenvalue weighted by Crippen LogP contribution is -2.20. The fourth-order valence-electron chi connectivity index (χ4n) is 5.38. The van der Waals surface area contributed by atoms with Gasteiger partial charge in [0, 0.05) is 12.8 Å². The van der Waals surface area contributed by atoms with Crippen molar-refractivity contribution in [3.63, 3.8) is 0 Å². The minimum atomic E-state index is -0.673. The van der Waals surface area contributed by atoms with Crippen molar-refractivity contribution in [1.29, 1.82) is 0 Å². The Bertz CT molecular complexity index is 604. The van der Waals surface area contributed by atoms with E-state index in [0.29, 0.717) is 12.8 Å². The lowest BCUT2D eigenvalue weighted by atomic mass is 10.0. The Balaban J connectivity index is 3.79. The van der Waals surface area contributed by atoms with Gasteiger partial charge in [0.2, 0.25) is 0 Å².